The zero-order valence-corrected chi connectivity index (χ0v) is 41.0. The third-order valence-electron chi connectivity index (χ3n) is 13.2. The fourth-order valence-corrected chi connectivity index (χ4v) is 9.44. The Labute approximate surface area is 447 Å². The predicted octanol–water partition coefficient (Wildman–Crippen LogP) is 11.7. The average Bonchev–Trinajstić information content (AvgIpc) is 4.35. The number of carboxylic acid groups (broad SMARTS) is 4. The molecule has 20 nitrogen and oxygen atoms in total. The molecule has 0 unspecified atom stereocenters. The number of hydrogen-bond acceptors (Lipinski definition) is 12. The van der Waals surface area contributed by atoms with Gasteiger partial charge in [0.05, 0.1) is 33.0 Å². The van der Waals surface area contributed by atoms with Crippen molar-refractivity contribution in [1.29, 1.82) is 0 Å². The largest absolute Gasteiger partial charge is 0.478 e. The minimum atomic E-state index is -1.20. The van der Waals surface area contributed by atoms with Gasteiger partial charge >= 0.3 is 23.9 Å². The molecule has 0 amide bonds. The molecule has 8 aromatic carbocycles. The molecule has 1 aliphatic heterocycles. The lowest BCUT2D eigenvalue weighted by atomic mass is 10.1. The van der Waals surface area contributed by atoms with E-state index in [9.17, 15) is 39.6 Å². The summed E-state index contributed by atoms with van der Waals surface area (Å²) in [6, 6.07) is 44.9. The summed E-state index contributed by atoms with van der Waals surface area (Å²) in [7, 11) is 0. The van der Waals surface area contributed by atoms with Gasteiger partial charge in [-0.25, -0.2) is 39.1 Å². The van der Waals surface area contributed by atoms with Crippen LogP contribution in [0.25, 0.3) is 43.1 Å². The molecule has 0 saturated heterocycles. The molecule has 4 aromatic heterocycles. The van der Waals surface area contributed by atoms with Crippen LogP contribution in [0.15, 0.2) is 190 Å². The molecule has 80 heavy (non-hydrogen) atoms. The number of benzene rings is 8. The Bertz CT molecular complexity index is 4530. The van der Waals surface area contributed by atoms with Gasteiger partial charge in [0, 0.05) is 32.3 Å². The summed E-state index contributed by atoms with van der Waals surface area (Å²) in [5.41, 5.74) is 1.02. The highest BCUT2D eigenvalue weighted by atomic mass is 16.6. The van der Waals surface area contributed by atoms with Crippen LogP contribution in [-0.4, -0.2) is 64.2 Å². The summed E-state index contributed by atoms with van der Waals surface area (Å²) >= 11 is 0. The molecule has 0 saturated carbocycles. The number of carbonyl (C=O) groups is 4. The normalized spacial score (nSPS) is 11.8. The fourth-order valence-electron chi connectivity index (χ4n) is 9.44. The number of H-pyrrole nitrogens is 4. The summed E-state index contributed by atoms with van der Waals surface area (Å²) in [5, 5.41) is 44.2. The molecule has 0 spiro atoms. The highest BCUT2D eigenvalue weighted by molar-refractivity contribution is 6.03. The van der Waals surface area contributed by atoms with Crippen LogP contribution in [0.3, 0.4) is 0 Å². The van der Waals surface area contributed by atoms with E-state index >= 15 is 0 Å². The van der Waals surface area contributed by atoms with Gasteiger partial charge in [0.15, 0.2) is 11.5 Å². The van der Waals surface area contributed by atoms with E-state index in [1.807, 2.05) is 72.8 Å². The molecule has 12 aromatic rings. The summed E-state index contributed by atoms with van der Waals surface area (Å²) in [4.78, 5) is 83.3. The van der Waals surface area contributed by atoms with E-state index < -0.39 is 23.9 Å². The van der Waals surface area contributed by atoms with Crippen LogP contribution >= 0.6 is 0 Å². The Hall–Kier alpha value is -11.8. The average molecular weight is 1060 g/mol. The lowest BCUT2D eigenvalue weighted by Crippen LogP contribution is -2.10. The van der Waals surface area contributed by atoms with Crippen LogP contribution in [0.4, 0.5) is 23.3 Å². The number of carboxylic acids is 4. The van der Waals surface area contributed by atoms with Crippen molar-refractivity contribution < 1.29 is 58.6 Å². The van der Waals surface area contributed by atoms with E-state index in [1.54, 1.807) is 0 Å². The Morgan fingerprint density at radius 3 is 0.800 bits per heavy atom. The molecule has 8 N–H and O–H groups in total. The fraction of sp³-hybridized carbons (Fsp3) is 0. The third kappa shape index (κ3) is 8.57. The molecule has 0 radical (unpaired) electrons. The van der Waals surface area contributed by atoms with Gasteiger partial charge in [-0.05, 0) is 97.1 Å². The van der Waals surface area contributed by atoms with Crippen molar-refractivity contribution in [3.8, 4) is 46.0 Å². The smallest absolute Gasteiger partial charge is 0.335 e. The van der Waals surface area contributed by atoms with E-state index in [0.717, 1.165) is 10.8 Å². The molecule has 5 heterocycles. The first-order valence-electron chi connectivity index (χ1n) is 24.4. The van der Waals surface area contributed by atoms with E-state index in [2.05, 4.69) is 19.9 Å². The van der Waals surface area contributed by atoms with Gasteiger partial charge in [0.1, 0.15) is 68.2 Å². The van der Waals surface area contributed by atoms with E-state index in [4.69, 9.17) is 38.9 Å². The van der Waals surface area contributed by atoms with Crippen LogP contribution in [-0.2, 0) is 0 Å². The van der Waals surface area contributed by atoms with Gasteiger partial charge in [-0.15, -0.1) is 0 Å². The number of nitrogens with one attached hydrogen (secondary N) is 4. The van der Waals surface area contributed by atoms with Crippen molar-refractivity contribution in [1.82, 2.24) is 19.9 Å². The van der Waals surface area contributed by atoms with Crippen molar-refractivity contribution in [2.24, 2.45) is 20.0 Å². The molecule has 0 aliphatic carbocycles. The first-order valence-corrected chi connectivity index (χ1v) is 24.4. The minimum absolute atomic E-state index is 0.0426. The second kappa shape index (κ2) is 19.1. The predicted molar refractivity (Wildman–Crippen MR) is 290 cm³/mol. The summed E-state index contributed by atoms with van der Waals surface area (Å²) in [6.07, 6.45) is 0. The number of aromatic amines is 4. The highest BCUT2D eigenvalue weighted by Crippen LogP contribution is 2.55. The van der Waals surface area contributed by atoms with E-state index in [-0.39, 0.29) is 90.0 Å². The maximum Gasteiger partial charge on any atom is 0.335 e. The van der Waals surface area contributed by atoms with Crippen LogP contribution in [0.5, 0.6) is 46.0 Å². The number of aromatic carboxylic acids is 4. The van der Waals surface area contributed by atoms with Gasteiger partial charge in [0.2, 0.25) is 11.5 Å². The summed E-state index contributed by atoms with van der Waals surface area (Å²) < 4.78 is 27.5. The molecule has 13 rings (SSSR count). The molecular weight excluding hydrogens is 1020 g/mol. The van der Waals surface area contributed by atoms with Crippen molar-refractivity contribution in [3.63, 3.8) is 0 Å². The van der Waals surface area contributed by atoms with E-state index in [0.29, 0.717) is 55.8 Å². The molecule has 0 atom stereocenters. The van der Waals surface area contributed by atoms with Crippen LogP contribution < -0.4 is 40.9 Å². The monoisotopic (exact) mass is 1060 g/mol. The summed E-state index contributed by atoms with van der Waals surface area (Å²) in [6.45, 7) is 0. The quantitative estimate of drug-likeness (QED) is 0.0567. The molecule has 388 valence electrons. The Morgan fingerprint density at radius 1 is 0.287 bits per heavy atom. The first kappa shape index (κ1) is 47.9. The first-order chi connectivity index (χ1) is 38.9. The van der Waals surface area contributed by atoms with Crippen molar-refractivity contribution in [2.45, 2.75) is 0 Å². The van der Waals surface area contributed by atoms with Gasteiger partial charge in [-0.1, -0.05) is 72.8 Å². The maximum atomic E-state index is 12.1. The van der Waals surface area contributed by atoms with Gasteiger partial charge in [-0.2, -0.15) is 0 Å². The number of ether oxygens (including phenoxy) is 4. The number of rotatable bonds is 12. The second-order valence-electron chi connectivity index (χ2n) is 18.2. The maximum absolute atomic E-state index is 12.1. The third-order valence-corrected chi connectivity index (χ3v) is 13.2. The molecule has 20 heteroatoms. The van der Waals surface area contributed by atoms with E-state index in [1.165, 1.54) is 97.1 Å². The van der Waals surface area contributed by atoms with Crippen LogP contribution in [0, 0.1) is 0 Å². The molecule has 0 fully saturated rings. The summed E-state index contributed by atoms with van der Waals surface area (Å²) in [5.74, 6) is -3.57. The SMILES string of the molecule is O=C(O)c1ccc(Oc2c(Oc3ccc(C(=O)O)cc3)c(Oc3ccc(C(=O)O)cc3)c3c4[nH]c(c3c2Oc2ccc(C(=O)O)cc2)=Nc2[nH]c(c3ccccc23)N=c2[nH]c(c3ccccc23)=Nc2[nH]c(c3ccccc23)N=4)cc1. The van der Waals surface area contributed by atoms with Crippen LogP contribution in [0.1, 0.15) is 41.4 Å². The zero-order valence-electron chi connectivity index (χ0n) is 41.0. The number of hydrogen-bond donors (Lipinski definition) is 8. The highest BCUT2D eigenvalue weighted by Gasteiger charge is 2.32. The Kier molecular flexibility index (Phi) is 11.4. The number of fused-ring (bicyclic) bond motifs is 20. The topological polar surface area (TPSA) is 299 Å². The lowest BCUT2D eigenvalue weighted by Gasteiger charge is -2.21. The van der Waals surface area contributed by atoms with Gasteiger partial charge < -0.3 is 59.3 Å². The molecular formula is C60H36N8O12. The van der Waals surface area contributed by atoms with Crippen molar-refractivity contribution in [3.05, 3.63) is 214 Å². The van der Waals surface area contributed by atoms with Crippen molar-refractivity contribution in [2.75, 3.05) is 0 Å². The van der Waals surface area contributed by atoms with Gasteiger partial charge in [0.25, 0.3) is 0 Å². The number of aromatic nitrogens is 4. The molecule has 8 bridgehead atoms. The van der Waals surface area contributed by atoms with Crippen LogP contribution in [0.2, 0.25) is 0 Å². The second-order valence-corrected chi connectivity index (χ2v) is 18.2. The van der Waals surface area contributed by atoms with Crippen molar-refractivity contribution >= 4 is 90.2 Å². The Morgan fingerprint density at radius 2 is 0.525 bits per heavy atom. The number of nitrogens with zero attached hydrogens (tertiary/aromatic N) is 4. The standard InChI is InChI=1S/C60H36N8O12/c69-57(70)29-13-21-33(22-14-29)77-45-43-44(46(78-34-23-15-30(16-24-34)58(71)72)48(80-36-27-19-32(20-28-36)60(75)76)47(45)79-35-25-17-31(18-26-35)59(73)74)56-67-54-42-12-6-4-10-40(42)52(65-54)63-50-38-8-2-1-7-37(38)49(61-50)62-51-39-9-3-5-11-41(39)53(64-51)66-55(43)68-56/h1-28H,(H,69,70)(H,71,72)(H,73,74)(H,75,76)(H4,61,62,63,64,65,66,67,68). The van der Waals surface area contributed by atoms with Gasteiger partial charge in [-0.3, -0.25) is 0 Å². The lowest BCUT2D eigenvalue weighted by molar-refractivity contribution is 0.0686. The molecule has 1 aliphatic rings. The zero-order chi connectivity index (χ0) is 54.8. The minimum Gasteiger partial charge on any atom is -0.478 e. The Balaban J connectivity index is 1.22.